The molecule has 2 rings (SSSR count). The molecule has 0 radical (unpaired) electrons. The second-order valence-electron chi connectivity index (χ2n) is 5.07. The molecular formula is C17H19NO3. The van der Waals surface area contributed by atoms with Crippen molar-refractivity contribution in [3.63, 3.8) is 0 Å². The molecule has 0 aromatic heterocycles. The summed E-state index contributed by atoms with van der Waals surface area (Å²) in [6, 6.07) is 13.2. The maximum Gasteiger partial charge on any atom is 0.305 e. The molecule has 4 heteroatoms. The molecule has 0 saturated carbocycles. The van der Waals surface area contributed by atoms with Crippen LogP contribution in [0.1, 0.15) is 23.6 Å². The number of nitrogens with two attached hydrogens (primary N) is 1. The number of methoxy groups -OCH3 is 1. The number of carboxylic acids is 1. The van der Waals surface area contributed by atoms with E-state index in [0.29, 0.717) is 0 Å². The van der Waals surface area contributed by atoms with E-state index in [1.165, 1.54) is 0 Å². The summed E-state index contributed by atoms with van der Waals surface area (Å²) in [5.41, 5.74) is 9.86. The van der Waals surface area contributed by atoms with Crippen LogP contribution < -0.4 is 10.5 Å². The molecule has 0 fully saturated rings. The Labute approximate surface area is 124 Å². The van der Waals surface area contributed by atoms with Gasteiger partial charge in [0.2, 0.25) is 0 Å². The summed E-state index contributed by atoms with van der Waals surface area (Å²) >= 11 is 0. The van der Waals surface area contributed by atoms with Crippen molar-refractivity contribution < 1.29 is 14.6 Å². The van der Waals surface area contributed by atoms with E-state index in [2.05, 4.69) is 0 Å². The molecule has 1 atom stereocenters. The van der Waals surface area contributed by atoms with Crippen LogP contribution in [0, 0.1) is 6.92 Å². The van der Waals surface area contributed by atoms with Gasteiger partial charge in [-0.3, -0.25) is 4.79 Å². The Hall–Kier alpha value is -2.33. The van der Waals surface area contributed by atoms with Crippen LogP contribution in [-0.2, 0) is 4.79 Å². The number of hydrogen-bond acceptors (Lipinski definition) is 3. The van der Waals surface area contributed by atoms with Gasteiger partial charge in [-0.25, -0.2) is 0 Å². The first-order valence-electron chi connectivity index (χ1n) is 6.73. The Kier molecular flexibility index (Phi) is 4.60. The van der Waals surface area contributed by atoms with Crippen LogP contribution in [0.25, 0.3) is 11.1 Å². The summed E-state index contributed by atoms with van der Waals surface area (Å²) in [4.78, 5) is 10.8. The molecule has 0 heterocycles. The Morgan fingerprint density at radius 1 is 1.24 bits per heavy atom. The molecule has 0 aliphatic carbocycles. The number of rotatable bonds is 5. The summed E-state index contributed by atoms with van der Waals surface area (Å²) in [7, 11) is 1.63. The molecule has 0 amide bonds. The lowest BCUT2D eigenvalue weighted by atomic mass is 9.96. The Morgan fingerprint density at radius 3 is 2.67 bits per heavy atom. The van der Waals surface area contributed by atoms with E-state index in [4.69, 9.17) is 15.6 Å². The zero-order chi connectivity index (χ0) is 15.4. The SMILES string of the molecule is COc1cccc(-c2cc(C)cc([C@@H](N)CC(=O)O)c2)c1. The first kappa shape index (κ1) is 15.1. The average Bonchev–Trinajstić information content (AvgIpc) is 2.46. The topological polar surface area (TPSA) is 72.5 Å². The number of carboxylic acid groups (broad SMARTS) is 1. The van der Waals surface area contributed by atoms with Gasteiger partial charge in [-0.2, -0.15) is 0 Å². The van der Waals surface area contributed by atoms with Gasteiger partial charge in [0.05, 0.1) is 13.5 Å². The van der Waals surface area contributed by atoms with Crippen molar-refractivity contribution in [3.8, 4) is 16.9 Å². The molecule has 3 N–H and O–H groups in total. The first-order valence-corrected chi connectivity index (χ1v) is 6.73. The highest BCUT2D eigenvalue weighted by molar-refractivity contribution is 5.69. The van der Waals surface area contributed by atoms with Gasteiger partial charge in [0.15, 0.2) is 0 Å². The lowest BCUT2D eigenvalue weighted by molar-refractivity contribution is -0.137. The lowest BCUT2D eigenvalue weighted by Crippen LogP contribution is -2.15. The van der Waals surface area contributed by atoms with E-state index in [0.717, 1.165) is 28.0 Å². The molecule has 2 aromatic rings. The van der Waals surface area contributed by atoms with Gasteiger partial charge in [0.25, 0.3) is 0 Å². The monoisotopic (exact) mass is 285 g/mol. The van der Waals surface area contributed by atoms with Crippen LogP contribution in [-0.4, -0.2) is 18.2 Å². The third-order valence-electron chi connectivity index (χ3n) is 3.33. The highest BCUT2D eigenvalue weighted by atomic mass is 16.5. The third-order valence-corrected chi connectivity index (χ3v) is 3.33. The number of benzene rings is 2. The fourth-order valence-corrected chi connectivity index (χ4v) is 2.30. The van der Waals surface area contributed by atoms with Gasteiger partial charge in [-0.15, -0.1) is 0 Å². The van der Waals surface area contributed by atoms with Crippen LogP contribution in [0.5, 0.6) is 5.75 Å². The Bertz CT molecular complexity index is 652. The first-order chi connectivity index (χ1) is 9.99. The molecule has 0 spiro atoms. The van der Waals surface area contributed by atoms with E-state index in [1.807, 2.05) is 49.4 Å². The Morgan fingerprint density at radius 2 is 2.00 bits per heavy atom. The van der Waals surface area contributed by atoms with Crippen LogP contribution in [0.3, 0.4) is 0 Å². The lowest BCUT2D eigenvalue weighted by Gasteiger charge is -2.13. The van der Waals surface area contributed by atoms with E-state index >= 15 is 0 Å². The smallest absolute Gasteiger partial charge is 0.305 e. The van der Waals surface area contributed by atoms with Gasteiger partial charge in [0.1, 0.15) is 5.75 Å². The predicted octanol–water partition coefficient (Wildman–Crippen LogP) is 3.15. The van der Waals surface area contributed by atoms with Crippen LogP contribution >= 0.6 is 0 Å². The molecular weight excluding hydrogens is 266 g/mol. The van der Waals surface area contributed by atoms with Crippen molar-refractivity contribution in [2.45, 2.75) is 19.4 Å². The van der Waals surface area contributed by atoms with E-state index in [1.54, 1.807) is 7.11 Å². The largest absolute Gasteiger partial charge is 0.497 e. The normalized spacial score (nSPS) is 12.0. The maximum absolute atomic E-state index is 10.8. The van der Waals surface area contributed by atoms with Crippen molar-refractivity contribution >= 4 is 5.97 Å². The van der Waals surface area contributed by atoms with E-state index < -0.39 is 12.0 Å². The fourth-order valence-electron chi connectivity index (χ4n) is 2.30. The van der Waals surface area contributed by atoms with Crippen LogP contribution in [0.15, 0.2) is 42.5 Å². The summed E-state index contributed by atoms with van der Waals surface area (Å²) in [6.45, 7) is 1.97. The van der Waals surface area contributed by atoms with Crippen molar-refractivity contribution in [1.29, 1.82) is 0 Å². The number of aryl methyl sites for hydroxylation is 1. The van der Waals surface area contributed by atoms with Crippen molar-refractivity contribution in [2.24, 2.45) is 5.73 Å². The minimum absolute atomic E-state index is 0.0823. The summed E-state index contributed by atoms with van der Waals surface area (Å²) in [6.07, 6.45) is -0.0823. The zero-order valence-corrected chi connectivity index (χ0v) is 12.2. The number of ether oxygens (including phenoxy) is 1. The van der Waals surface area contributed by atoms with Gasteiger partial charge >= 0.3 is 5.97 Å². The third kappa shape index (κ3) is 3.83. The van der Waals surface area contributed by atoms with Gasteiger partial charge in [-0.05, 0) is 41.8 Å². The molecule has 110 valence electrons. The number of aliphatic carboxylic acids is 1. The molecule has 4 nitrogen and oxygen atoms in total. The van der Waals surface area contributed by atoms with E-state index in [9.17, 15) is 4.79 Å². The van der Waals surface area contributed by atoms with Crippen molar-refractivity contribution in [2.75, 3.05) is 7.11 Å². The molecule has 0 aliphatic heterocycles. The van der Waals surface area contributed by atoms with Crippen molar-refractivity contribution in [1.82, 2.24) is 0 Å². The van der Waals surface area contributed by atoms with Gasteiger partial charge in [0, 0.05) is 6.04 Å². The fraction of sp³-hybridized carbons (Fsp3) is 0.235. The molecule has 21 heavy (non-hydrogen) atoms. The molecule has 2 aromatic carbocycles. The highest BCUT2D eigenvalue weighted by Crippen LogP contribution is 2.28. The Balaban J connectivity index is 2.40. The summed E-state index contributed by atoms with van der Waals surface area (Å²) < 4.78 is 5.23. The van der Waals surface area contributed by atoms with Gasteiger partial charge < -0.3 is 15.6 Å². The van der Waals surface area contributed by atoms with Crippen LogP contribution in [0.2, 0.25) is 0 Å². The zero-order valence-electron chi connectivity index (χ0n) is 12.2. The maximum atomic E-state index is 10.8. The molecule has 0 unspecified atom stereocenters. The van der Waals surface area contributed by atoms with Crippen LogP contribution in [0.4, 0.5) is 0 Å². The minimum Gasteiger partial charge on any atom is -0.497 e. The highest BCUT2D eigenvalue weighted by Gasteiger charge is 2.12. The quantitative estimate of drug-likeness (QED) is 0.885. The standard InChI is InChI=1S/C17H19NO3/c1-11-6-13(12-4-3-5-15(9-12)21-2)8-14(7-11)16(18)10-17(19)20/h3-9,16H,10,18H2,1-2H3,(H,19,20)/t16-/m0/s1. The number of carbonyl (C=O) groups is 1. The summed E-state index contributed by atoms with van der Waals surface area (Å²) in [5.74, 6) is -0.114. The average molecular weight is 285 g/mol. The molecule has 0 saturated heterocycles. The van der Waals surface area contributed by atoms with Crippen molar-refractivity contribution in [3.05, 3.63) is 53.6 Å². The second kappa shape index (κ2) is 6.41. The summed E-state index contributed by atoms with van der Waals surface area (Å²) in [5, 5.41) is 8.87. The number of hydrogen-bond donors (Lipinski definition) is 2. The second-order valence-corrected chi connectivity index (χ2v) is 5.07. The predicted molar refractivity (Wildman–Crippen MR) is 82.3 cm³/mol. The van der Waals surface area contributed by atoms with Gasteiger partial charge in [-0.1, -0.05) is 29.8 Å². The molecule has 0 bridgehead atoms. The van der Waals surface area contributed by atoms with E-state index in [-0.39, 0.29) is 6.42 Å². The molecule has 0 aliphatic rings. The minimum atomic E-state index is -0.896.